The van der Waals surface area contributed by atoms with Gasteiger partial charge in [0, 0.05) is 19.6 Å². The Bertz CT molecular complexity index is 271. The van der Waals surface area contributed by atoms with Crippen LogP contribution in [0.25, 0.3) is 0 Å². The molecule has 4 nitrogen and oxygen atoms in total. The molecular weight excluding hydrogens is 190 g/mol. The predicted octanol–water partition coefficient (Wildman–Crippen LogP) is 0.602. The smallest absolute Gasteiger partial charge is 0.227 e. The minimum atomic E-state index is -0.0939. The Morgan fingerprint density at radius 1 is 1.73 bits per heavy atom. The van der Waals surface area contributed by atoms with Gasteiger partial charge in [0.15, 0.2) is 0 Å². The van der Waals surface area contributed by atoms with Gasteiger partial charge >= 0.3 is 0 Å². The molecule has 0 spiro atoms. The average Bonchev–Trinajstić information content (AvgIpc) is 2.63. The number of nitriles is 1. The van der Waals surface area contributed by atoms with Gasteiger partial charge < -0.3 is 10.2 Å². The number of carbonyl (C=O) groups excluding carboxylic acids is 1. The van der Waals surface area contributed by atoms with Crippen LogP contribution in [0.2, 0.25) is 0 Å². The fraction of sp³-hybridized carbons (Fsp3) is 0.818. The average molecular weight is 209 g/mol. The van der Waals surface area contributed by atoms with Crippen molar-refractivity contribution in [3.63, 3.8) is 0 Å². The lowest BCUT2D eigenvalue weighted by Gasteiger charge is -2.23. The van der Waals surface area contributed by atoms with Crippen LogP contribution in [0, 0.1) is 23.2 Å². The van der Waals surface area contributed by atoms with Gasteiger partial charge in [0.1, 0.15) is 0 Å². The lowest BCUT2D eigenvalue weighted by atomic mass is 10.00. The molecular formula is C11H19N3O. The van der Waals surface area contributed by atoms with Crippen LogP contribution in [0.5, 0.6) is 0 Å². The van der Waals surface area contributed by atoms with Crippen molar-refractivity contribution in [3.05, 3.63) is 0 Å². The Labute approximate surface area is 91.2 Å². The van der Waals surface area contributed by atoms with Crippen molar-refractivity contribution in [1.29, 1.82) is 5.26 Å². The van der Waals surface area contributed by atoms with Crippen LogP contribution in [-0.2, 0) is 4.79 Å². The number of hydrogen-bond acceptors (Lipinski definition) is 3. The van der Waals surface area contributed by atoms with Crippen LogP contribution >= 0.6 is 0 Å². The minimum absolute atomic E-state index is 0.0842. The first-order valence-corrected chi connectivity index (χ1v) is 5.44. The normalized spacial score (nSPS) is 27.1. The molecule has 0 aromatic rings. The molecule has 0 aromatic carbocycles. The molecule has 15 heavy (non-hydrogen) atoms. The Balaban J connectivity index is 2.49. The van der Waals surface area contributed by atoms with Gasteiger partial charge in [-0.3, -0.25) is 4.79 Å². The van der Waals surface area contributed by atoms with E-state index in [0.29, 0.717) is 6.54 Å². The Hall–Kier alpha value is -1.08. The van der Waals surface area contributed by atoms with E-state index in [1.54, 1.807) is 11.9 Å². The van der Waals surface area contributed by atoms with E-state index in [1.165, 1.54) is 0 Å². The van der Waals surface area contributed by atoms with Crippen LogP contribution in [0.1, 0.15) is 20.3 Å². The zero-order chi connectivity index (χ0) is 11.4. The number of nitrogens with one attached hydrogen (secondary N) is 1. The van der Waals surface area contributed by atoms with E-state index in [2.05, 4.69) is 11.4 Å². The molecule has 1 fully saturated rings. The van der Waals surface area contributed by atoms with Crippen molar-refractivity contribution in [2.75, 3.05) is 20.1 Å². The zero-order valence-electron chi connectivity index (χ0n) is 9.66. The summed E-state index contributed by atoms with van der Waals surface area (Å²) in [6.07, 6.45) is 0.908. The number of nitrogens with zero attached hydrogens (tertiary/aromatic N) is 2. The lowest BCUT2D eigenvalue weighted by Crippen LogP contribution is -2.39. The summed E-state index contributed by atoms with van der Waals surface area (Å²) in [4.78, 5) is 13.7. The van der Waals surface area contributed by atoms with Crippen LogP contribution in [0.4, 0.5) is 0 Å². The summed E-state index contributed by atoms with van der Waals surface area (Å²) in [5, 5.41) is 11.9. The third-order valence-corrected chi connectivity index (χ3v) is 2.99. The van der Waals surface area contributed by atoms with Crippen LogP contribution in [-0.4, -0.2) is 37.0 Å². The first-order chi connectivity index (χ1) is 7.06. The topological polar surface area (TPSA) is 56.1 Å². The van der Waals surface area contributed by atoms with Crippen molar-refractivity contribution in [1.82, 2.24) is 10.2 Å². The van der Waals surface area contributed by atoms with E-state index in [9.17, 15) is 4.79 Å². The summed E-state index contributed by atoms with van der Waals surface area (Å²) >= 11 is 0. The molecule has 0 radical (unpaired) electrons. The Kier molecular flexibility index (Phi) is 4.10. The molecule has 0 aromatic heterocycles. The molecule has 0 bridgehead atoms. The van der Waals surface area contributed by atoms with Crippen molar-refractivity contribution in [2.24, 2.45) is 11.8 Å². The van der Waals surface area contributed by atoms with Gasteiger partial charge in [0.2, 0.25) is 5.91 Å². The fourth-order valence-corrected chi connectivity index (χ4v) is 2.02. The molecule has 1 N–H and O–H groups in total. The van der Waals surface area contributed by atoms with Gasteiger partial charge in [-0.05, 0) is 26.8 Å². The second-order valence-corrected chi connectivity index (χ2v) is 4.39. The summed E-state index contributed by atoms with van der Waals surface area (Å²) in [5.41, 5.74) is 0. The molecule has 1 rings (SSSR count). The number of rotatable bonds is 3. The van der Waals surface area contributed by atoms with Gasteiger partial charge in [-0.1, -0.05) is 0 Å². The van der Waals surface area contributed by atoms with Crippen LogP contribution in [0.3, 0.4) is 0 Å². The van der Waals surface area contributed by atoms with Gasteiger partial charge in [-0.2, -0.15) is 5.26 Å². The molecule has 4 heteroatoms. The fourth-order valence-electron chi connectivity index (χ4n) is 2.02. The highest BCUT2D eigenvalue weighted by Gasteiger charge is 2.31. The lowest BCUT2D eigenvalue weighted by molar-refractivity contribution is -0.134. The van der Waals surface area contributed by atoms with Crippen molar-refractivity contribution in [3.8, 4) is 6.07 Å². The minimum Gasteiger partial charge on any atom is -0.344 e. The molecule has 3 atom stereocenters. The molecule has 1 aliphatic rings. The summed E-state index contributed by atoms with van der Waals surface area (Å²) in [7, 11) is 1.78. The van der Waals surface area contributed by atoms with Crippen molar-refractivity contribution < 1.29 is 4.79 Å². The van der Waals surface area contributed by atoms with Crippen molar-refractivity contribution >= 4 is 5.91 Å². The van der Waals surface area contributed by atoms with Gasteiger partial charge in [0.05, 0.1) is 17.9 Å². The van der Waals surface area contributed by atoms with E-state index in [-0.39, 0.29) is 23.8 Å². The number of hydrogen-bond donors (Lipinski definition) is 1. The largest absolute Gasteiger partial charge is 0.344 e. The van der Waals surface area contributed by atoms with E-state index >= 15 is 0 Å². The van der Waals surface area contributed by atoms with Gasteiger partial charge in [-0.15, -0.1) is 0 Å². The monoisotopic (exact) mass is 209 g/mol. The third kappa shape index (κ3) is 2.93. The second kappa shape index (κ2) is 5.13. The first-order valence-electron chi connectivity index (χ1n) is 5.44. The third-order valence-electron chi connectivity index (χ3n) is 2.99. The summed E-state index contributed by atoms with van der Waals surface area (Å²) in [5.74, 6) is 0.152. The van der Waals surface area contributed by atoms with E-state index < -0.39 is 0 Å². The highest BCUT2D eigenvalue weighted by Crippen LogP contribution is 2.17. The molecule has 1 aliphatic heterocycles. The Morgan fingerprint density at radius 2 is 2.40 bits per heavy atom. The van der Waals surface area contributed by atoms with Crippen molar-refractivity contribution in [2.45, 2.75) is 26.3 Å². The molecule has 84 valence electrons. The highest BCUT2D eigenvalue weighted by atomic mass is 16.2. The van der Waals surface area contributed by atoms with Gasteiger partial charge in [-0.25, -0.2) is 0 Å². The molecule has 0 aliphatic carbocycles. The maximum absolute atomic E-state index is 12.0. The van der Waals surface area contributed by atoms with E-state index in [4.69, 9.17) is 5.26 Å². The number of carbonyl (C=O) groups is 1. The summed E-state index contributed by atoms with van der Waals surface area (Å²) in [6, 6.07) is 2.40. The van der Waals surface area contributed by atoms with Crippen LogP contribution in [0.15, 0.2) is 0 Å². The molecule has 1 amide bonds. The Morgan fingerprint density at radius 3 is 2.87 bits per heavy atom. The van der Waals surface area contributed by atoms with Gasteiger partial charge in [0.25, 0.3) is 0 Å². The highest BCUT2D eigenvalue weighted by molar-refractivity contribution is 5.79. The predicted molar refractivity (Wildman–Crippen MR) is 58.0 cm³/mol. The molecule has 0 saturated carbocycles. The van der Waals surface area contributed by atoms with E-state index in [0.717, 1.165) is 13.0 Å². The van der Waals surface area contributed by atoms with E-state index in [1.807, 2.05) is 13.8 Å². The molecule has 3 unspecified atom stereocenters. The first kappa shape index (κ1) is 12.0. The number of amides is 1. The molecule has 1 heterocycles. The summed E-state index contributed by atoms with van der Waals surface area (Å²) < 4.78 is 0. The quantitative estimate of drug-likeness (QED) is 0.740. The maximum Gasteiger partial charge on any atom is 0.227 e. The standard InChI is InChI=1S/C11H19N3O/c1-8(6-12)7-14(3)11(15)10-4-5-13-9(10)2/h8-10,13H,4-5,7H2,1-3H3. The summed E-state index contributed by atoms with van der Waals surface area (Å²) in [6.45, 7) is 5.31. The zero-order valence-corrected chi connectivity index (χ0v) is 9.66. The van der Waals surface area contributed by atoms with Crippen LogP contribution < -0.4 is 5.32 Å². The second-order valence-electron chi connectivity index (χ2n) is 4.39. The molecule has 1 saturated heterocycles. The maximum atomic E-state index is 12.0. The SMILES string of the molecule is CC(C#N)CN(C)C(=O)C1CCNC1C.